The summed E-state index contributed by atoms with van der Waals surface area (Å²) in [5, 5.41) is 7.25. The van der Waals surface area contributed by atoms with E-state index in [1.807, 2.05) is 17.0 Å². The number of hydrogen-bond acceptors (Lipinski definition) is 4. The van der Waals surface area contributed by atoms with E-state index in [2.05, 4.69) is 49.3 Å². The van der Waals surface area contributed by atoms with Crippen LogP contribution >= 0.6 is 0 Å². The highest BCUT2D eigenvalue weighted by Gasteiger charge is 2.56. The molecule has 2 aromatic rings. The maximum Gasteiger partial charge on any atom is 0.254 e. The summed E-state index contributed by atoms with van der Waals surface area (Å²) in [7, 11) is 1.53. The first-order valence-electron chi connectivity index (χ1n) is 15.7. The third kappa shape index (κ3) is 5.50. The third-order valence-electron chi connectivity index (χ3n) is 10.7. The lowest BCUT2D eigenvalue weighted by Crippen LogP contribution is -2.57. The van der Waals surface area contributed by atoms with E-state index in [4.69, 9.17) is 9.73 Å². The van der Waals surface area contributed by atoms with Crippen molar-refractivity contribution in [3.05, 3.63) is 58.9 Å². The van der Waals surface area contributed by atoms with Crippen molar-refractivity contribution < 1.29 is 13.9 Å². The van der Waals surface area contributed by atoms with E-state index < -0.39 is 0 Å². The number of ether oxygens (including phenoxy) is 1. The van der Waals surface area contributed by atoms with Crippen LogP contribution in [0, 0.1) is 29.0 Å². The molecule has 0 radical (unpaired) electrons. The number of carbonyl (C=O) groups excluding carboxylic acids is 1. The molecule has 226 valence electrons. The van der Waals surface area contributed by atoms with Crippen LogP contribution in [0.2, 0.25) is 0 Å². The third-order valence-corrected chi connectivity index (χ3v) is 10.7. The molecule has 0 aromatic heterocycles. The van der Waals surface area contributed by atoms with E-state index in [-0.39, 0.29) is 11.7 Å². The Morgan fingerprint density at radius 2 is 2.00 bits per heavy atom. The van der Waals surface area contributed by atoms with Crippen LogP contribution < -0.4 is 15.4 Å². The Kier molecular flexibility index (Phi) is 7.94. The number of fused-ring (bicyclic) bond motifs is 3. The van der Waals surface area contributed by atoms with Gasteiger partial charge in [0, 0.05) is 56.1 Å². The average Bonchev–Trinajstić information content (AvgIpc) is 2.97. The number of methoxy groups -OCH3 is 1. The van der Waals surface area contributed by atoms with Crippen LogP contribution in [-0.2, 0) is 12.8 Å². The average molecular weight is 576 g/mol. The number of benzene rings is 2. The number of piperazine rings is 1. The summed E-state index contributed by atoms with van der Waals surface area (Å²) in [6.07, 6.45) is 3.75. The van der Waals surface area contributed by atoms with Crippen LogP contribution in [0.1, 0.15) is 62.0 Å². The topological polar surface area (TPSA) is 69.2 Å². The van der Waals surface area contributed by atoms with Crippen LogP contribution in [-0.4, -0.2) is 73.6 Å². The lowest BCUT2D eigenvalue weighted by molar-refractivity contribution is -0.108. The van der Waals surface area contributed by atoms with Crippen molar-refractivity contribution in [2.45, 2.75) is 65.5 Å². The highest BCUT2D eigenvalue weighted by Crippen LogP contribution is 2.61. The van der Waals surface area contributed by atoms with Crippen molar-refractivity contribution in [3.63, 3.8) is 0 Å². The van der Waals surface area contributed by atoms with Crippen LogP contribution in [0.15, 0.2) is 41.4 Å². The predicted octanol–water partition coefficient (Wildman–Crippen LogP) is 5.21. The van der Waals surface area contributed by atoms with Gasteiger partial charge in [0.05, 0.1) is 13.2 Å². The molecule has 1 saturated heterocycles. The number of anilines is 1. The highest BCUT2D eigenvalue weighted by molar-refractivity contribution is 5.99. The maximum absolute atomic E-state index is 14.4. The van der Waals surface area contributed by atoms with E-state index in [1.54, 1.807) is 12.1 Å². The molecule has 2 aliphatic heterocycles. The highest BCUT2D eigenvalue weighted by atomic mass is 19.1. The molecular formula is C34H46FN5O2. The molecule has 4 fully saturated rings. The summed E-state index contributed by atoms with van der Waals surface area (Å²) >= 11 is 0. The van der Waals surface area contributed by atoms with E-state index in [9.17, 15) is 9.18 Å². The number of guanidine groups is 1. The fourth-order valence-corrected chi connectivity index (χ4v) is 7.84. The van der Waals surface area contributed by atoms with Gasteiger partial charge in [-0.15, -0.1) is 0 Å². The molecule has 3 aliphatic carbocycles. The lowest BCUT2D eigenvalue weighted by atomic mass is 9.45. The molecule has 5 atom stereocenters. The quantitative estimate of drug-likeness (QED) is 0.366. The number of halogens is 1. The van der Waals surface area contributed by atoms with Crippen molar-refractivity contribution in [2.75, 3.05) is 45.2 Å². The van der Waals surface area contributed by atoms with Crippen molar-refractivity contribution in [2.24, 2.45) is 28.2 Å². The minimum Gasteiger partial charge on any atom is -0.497 e. The van der Waals surface area contributed by atoms with Crippen molar-refractivity contribution in [1.82, 2.24) is 15.1 Å². The molecule has 42 heavy (non-hydrogen) atoms. The molecule has 0 unspecified atom stereocenters. The SMILES string of the molecule is COc1ccc(CCN2CCc3cc(N/C(=N/[C@H]4C[C@H]5C[C@@H]([C@@H]4C)C5(C)C)N4CCN[C@@H](C)C4)ccc3C2=O)c(F)c1. The molecule has 2 N–H and O–H groups in total. The molecular weight excluding hydrogens is 529 g/mol. The fraction of sp³-hybridized carbons (Fsp3) is 0.588. The Hall–Kier alpha value is -3.13. The standard InChI is InChI=1S/C34H46FN5O2/c1-21-20-40(15-12-36-21)33(38-31-18-25-17-29(22(31)2)34(25,3)4)37-26-7-9-28-24(16-26)11-14-39(32(28)41)13-10-23-6-8-27(42-5)19-30(23)35/h6-9,16,19,21-22,25,29,31,36H,10-15,17-18,20H2,1-5H3,(H,37,38)/t21-,22-,25+,29-,31-/m0/s1. The molecule has 0 spiro atoms. The number of rotatable bonds is 6. The van der Waals surface area contributed by atoms with Gasteiger partial charge in [0.15, 0.2) is 5.96 Å². The van der Waals surface area contributed by atoms with Crippen LogP contribution in [0.25, 0.3) is 0 Å². The smallest absolute Gasteiger partial charge is 0.254 e. The summed E-state index contributed by atoms with van der Waals surface area (Å²) in [5.41, 5.74) is 3.80. The number of carbonyl (C=O) groups is 1. The molecule has 7 nitrogen and oxygen atoms in total. The maximum atomic E-state index is 14.4. The molecule has 3 saturated carbocycles. The minimum atomic E-state index is -0.297. The largest absolute Gasteiger partial charge is 0.497 e. The van der Waals surface area contributed by atoms with Gasteiger partial charge in [-0.25, -0.2) is 9.38 Å². The Balaban J connectivity index is 1.16. The normalized spacial score (nSPS) is 28.7. The van der Waals surface area contributed by atoms with Crippen molar-refractivity contribution in [1.29, 1.82) is 0 Å². The summed E-state index contributed by atoms with van der Waals surface area (Å²) in [4.78, 5) is 23.0. The molecule has 5 aliphatic rings. The van der Waals surface area contributed by atoms with E-state index >= 15 is 0 Å². The van der Waals surface area contributed by atoms with Crippen LogP contribution in [0.3, 0.4) is 0 Å². The fourth-order valence-electron chi connectivity index (χ4n) is 7.84. The molecule has 2 heterocycles. The Morgan fingerprint density at radius 3 is 2.71 bits per heavy atom. The van der Waals surface area contributed by atoms with Gasteiger partial charge >= 0.3 is 0 Å². The van der Waals surface area contributed by atoms with Gasteiger partial charge < -0.3 is 25.2 Å². The predicted molar refractivity (Wildman–Crippen MR) is 166 cm³/mol. The number of aliphatic imine (C=N–C) groups is 1. The van der Waals surface area contributed by atoms with Gasteiger partial charge in [0.2, 0.25) is 0 Å². The first-order chi connectivity index (χ1) is 20.1. The number of hydrogen-bond donors (Lipinski definition) is 2. The second-order valence-corrected chi connectivity index (χ2v) is 13.5. The van der Waals surface area contributed by atoms with Crippen molar-refractivity contribution >= 4 is 17.6 Å². The molecule has 2 bridgehead atoms. The van der Waals surface area contributed by atoms with E-state index in [1.165, 1.54) is 19.6 Å². The Labute approximate surface area is 249 Å². The second kappa shape index (κ2) is 11.5. The Morgan fingerprint density at radius 1 is 1.17 bits per heavy atom. The van der Waals surface area contributed by atoms with Gasteiger partial charge in [-0.1, -0.05) is 26.8 Å². The summed E-state index contributed by atoms with van der Waals surface area (Å²) in [5.74, 6) is 3.25. The zero-order chi connectivity index (χ0) is 29.6. The zero-order valence-corrected chi connectivity index (χ0v) is 25.8. The van der Waals surface area contributed by atoms with Gasteiger partial charge in [-0.3, -0.25) is 4.79 Å². The molecule has 2 aromatic carbocycles. The van der Waals surface area contributed by atoms with Crippen LogP contribution in [0.5, 0.6) is 5.75 Å². The zero-order valence-electron chi connectivity index (χ0n) is 25.8. The first-order valence-corrected chi connectivity index (χ1v) is 15.7. The monoisotopic (exact) mass is 575 g/mol. The number of amides is 1. The van der Waals surface area contributed by atoms with Gasteiger partial charge in [0.1, 0.15) is 11.6 Å². The molecule has 8 heteroatoms. The van der Waals surface area contributed by atoms with E-state index in [0.29, 0.717) is 54.2 Å². The van der Waals surface area contributed by atoms with Crippen LogP contribution in [0.4, 0.5) is 10.1 Å². The minimum absolute atomic E-state index is 0.0133. The molecule has 7 rings (SSSR count). The van der Waals surface area contributed by atoms with Gasteiger partial charge in [-0.05, 0) is 91.2 Å². The summed E-state index contributed by atoms with van der Waals surface area (Å²) < 4.78 is 19.6. The second-order valence-electron chi connectivity index (χ2n) is 13.5. The first kappa shape index (κ1) is 29.0. The number of nitrogens with zero attached hydrogens (tertiary/aromatic N) is 3. The van der Waals surface area contributed by atoms with Gasteiger partial charge in [-0.2, -0.15) is 0 Å². The summed E-state index contributed by atoms with van der Waals surface area (Å²) in [6.45, 7) is 13.4. The summed E-state index contributed by atoms with van der Waals surface area (Å²) in [6, 6.07) is 11.7. The lowest BCUT2D eigenvalue weighted by Gasteiger charge is -2.61. The van der Waals surface area contributed by atoms with Crippen molar-refractivity contribution in [3.8, 4) is 5.75 Å². The van der Waals surface area contributed by atoms with Gasteiger partial charge in [0.25, 0.3) is 5.91 Å². The Bertz CT molecular complexity index is 1360. The van der Waals surface area contributed by atoms with E-state index in [0.717, 1.165) is 67.1 Å². The number of nitrogens with one attached hydrogen (secondary N) is 2. The molecule has 1 amide bonds.